The summed E-state index contributed by atoms with van der Waals surface area (Å²) >= 11 is 0. The summed E-state index contributed by atoms with van der Waals surface area (Å²) in [6.07, 6.45) is 2.37. The number of hydrogen-bond acceptors (Lipinski definition) is 2. The van der Waals surface area contributed by atoms with Crippen LogP contribution in [0.2, 0.25) is 0 Å². The van der Waals surface area contributed by atoms with E-state index in [1.54, 1.807) is 0 Å². The molecule has 0 aromatic rings. The molecule has 1 N–H and O–H groups in total. The van der Waals surface area contributed by atoms with Gasteiger partial charge in [0.05, 0.1) is 6.61 Å². The molecule has 1 unspecified atom stereocenters. The number of rotatable bonds is 3. The van der Waals surface area contributed by atoms with Crippen molar-refractivity contribution in [3.63, 3.8) is 0 Å². The summed E-state index contributed by atoms with van der Waals surface area (Å²) in [7, 11) is 4.23. The third kappa shape index (κ3) is 2.05. The zero-order valence-corrected chi connectivity index (χ0v) is 9.59. The van der Waals surface area contributed by atoms with E-state index in [1.807, 2.05) is 0 Å². The quantitative estimate of drug-likeness (QED) is 0.724. The highest BCUT2D eigenvalue weighted by molar-refractivity contribution is 5.05. The normalized spacial score (nSPS) is 23.3. The van der Waals surface area contributed by atoms with Gasteiger partial charge in [0.2, 0.25) is 0 Å². The molecule has 13 heavy (non-hydrogen) atoms. The van der Waals surface area contributed by atoms with Gasteiger partial charge in [0.1, 0.15) is 0 Å². The fraction of sp³-hybridized carbons (Fsp3) is 1.00. The smallest absolute Gasteiger partial charge is 0.0502 e. The van der Waals surface area contributed by atoms with E-state index < -0.39 is 0 Å². The summed E-state index contributed by atoms with van der Waals surface area (Å²) in [5.74, 6) is 0. The maximum absolute atomic E-state index is 9.41. The summed E-state index contributed by atoms with van der Waals surface area (Å²) in [6.45, 7) is 7.11. The molecule has 2 heteroatoms. The van der Waals surface area contributed by atoms with E-state index in [-0.39, 0.29) is 10.8 Å². The van der Waals surface area contributed by atoms with Gasteiger partial charge in [-0.1, -0.05) is 20.8 Å². The molecule has 0 spiro atoms. The van der Waals surface area contributed by atoms with E-state index in [9.17, 15) is 5.11 Å². The molecule has 1 aliphatic carbocycles. The number of aliphatic hydroxyl groups excluding tert-OH is 1. The zero-order chi connectivity index (χ0) is 10.3. The summed E-state index contributed by atoms with van der Waals surface area (Å²) in [5, 5.41) is 9.41. The maximum Gasteiger partial charge on any atom is 0.0502 e. The lowest BCUT2D eigenvalue weighted by Gasteiger charge is -2.41. The number of aliphatic hydroxyl groups is 1. The van der Waals surface area contributed by atoms with Crippen LogP contribution in [0, 0.1) is 10.8 Å². The van der Waals surface area contributed by atoms with E-state index in [1.165, 1.54) is 12.8 Å². The average molecular weight is 185 g/mol. The van der Waals surface area contributed by atoms with Crippen molar-refractivity contribution in [2.24, 2.45) is 10.8 Å². The highest BCUT2D eigenvalue weighted by atomic mass is 16.3. The Balaban J connectivity index is 2.81. The fourth-order valence-corrected chi connectivity index (χ4v) is 2.92. The Labute approximate surface area is 81.9 Å². The lowest BCUT2D eigenvalue weighted by Crippen LogP contribution is -2.47. The molecule has 1 atom stereocenters. The Morgan fingerprint density at radius 1 is 1.31 bits per heavy atom. The molecular formula is C11H23NO. The first-order valence-electron chi connectivity index (χ1n) is 5.11. The van der Waals surface area contributed by atoms with Crippen molar-refractivity contribution in [1.29, 1.82) is 0 Å². The summed E-state index contributed by atoms with van der Waals surface area (Å²) in [6, 6.07) is 0.491. The summed E-state index contributed by atoms with van der Waals surface area (Å²) < 4.78 is 0. The van der Waals surface area contributed by atoms with Crippen LogP contribution in [0.1, 0.15) is 33.6 Å². The van der Waals surface area contributed by atoms with Gasteiger partial charge in [-0.15, -0.1) is 0 Å². The van der Waals surface area contributed by atoms with E-state index in [0.29, 0.717) is 12.6 Å². The lowest BCUT2D eigenvalue weighted by atomic mass is 9.76. The minimum Gasteiger partial charge on any atom is -0.396 e. The van der Waals surface area contributed by atoms with Gasteiger partial charge < -0.3 is 10.0 Å². The molecule has 0 radical (unpaired) electrons. The molecule has 78 valence electrons. The molecular weight excluding hydrogens is 162 g/mol. The standard InChI is InChI=1S/C11H23NO/c1-10(2,3)9(12(4)5)11(8-13)6-7-11/h9,13H,6-8H2,1-5H3. The highest BCUT2D eigenvalue weighted by Crippen LogP contribution is 2.54. The fourth-order valence-electron chi connectivity index (χ4n) is 2.92. The lowest BCUT2D eigenvalue weighted by molar-refractivity contribution is 0.0422. The first kappa shape index (κ1) is 11.0. The molecule has 0 amide bonds. The Hall–Kier alpha value is -0.0800. The van der Waals surface area contributed by atoms with Crippen molar-refractivity contribution in [2.75, 3.05) is 20.7 Å². The van der Waals surface area contributed by atoms with Gasteiger partial charge in [-0.25, -0.2) is 0 Å². The van der Waals surface area contributed by atoms with Gasteiger partial charge in [0, 0.05) is 11.5 Å². The van der Waals surface area contributed by atoms with E-state index in [2.05, 4.69) is 39.8 Å². The minimum atomic E-state index is 0.196. The number of hydrogen-bond donors (Lipinski definition) is 1. The van der Waals surface area contributed by atoms with Crippen LogP contribution in [0.5, 0.6) is 0 Å². The van der Waals surface area contributed by atoms with Crippen LogP contribution < -0.4 is 0 Å². The third-order valence-electron chi connectivity index (χ3n) is 3.12. The first-order chi connectivity index (χ1) is 5.83. The second kappa shape index (κ2) is 3.25. The predicted octanol–water partition coefficient (Wildman–Crippen LogP) is 1.74. The van der Waals surface area contributed by atoms with Crippen LogP contribution in [0.4, 0.5) is 0 Å². The van der Waals surface area contributed by atoms with E-state index in [0.717, 1.165) is 0 Å². The van der Waals surface area contributed by atoms with Crippen LogP contribution in [0.25, 0.3) is 0 Å². The molecule has 0 aliphatic heterocycles. The Morgan fingerprint density at radius 3 is 1.85 bits per heavy atom. The van der Waals surface area contributed by atoms with Gasteiger partial charge in [-0.05, 0) is 32.4 Å². The Kier molecular flexibility index (Phi) is 2.75. The van der Waals surface area contributed by atoms with Crippen LogP contribution in [0.15, 0.2) is 0 Å². The molecule has 0 aromatic carbocycles. The number of nitrogens with zero attached hydrogens (tertiary/aromatic N) is 1. The van der Waals surface area contributed by atoms with Gasteiger partial charge >= 0.3 is 0 Å². The molecule has 1 aliphatic rings. The second-order valence-corrected chi connectivity index (χ2v) is 5.75. The van der Waals surface area contributed by atoms with Crippen molar-refractivity contribution in [3.8, 4) is 0 Å². The minimum absolute atomic E-state index is 0.196. The van der Waals surface area contributed by atoms with Crippen molar-refractivity contribution in [2.45, 2.75) is 39.7 Å². The van der Waals surface area contributed by atoms with Crippen LogP contribution in [0.3, 0.4) is 0 Å². The summed E-state index contributed by atoms with van der Waals surface area (Å²) in [5.41, 5.74) is 0.449. The van der Waals surface area contributed by atoms with Gasteiger partial charge in [-0.3, -0.25) is 0 Å². The van der Waals surface area contributed by atoms with Crippen molar-refractivity contribution in [3.05, 3.63) is 0 Å². The first-order valence-corrected chi connectivity index (χ1v) is 5.11. The van der Waals surface area contributed by atoms with Crippen LogP contribution >= 0.6 is 0 Å². The molecule has 1 saturated carbocycles. The Bertz CT molecular complexity index is 177. The van der Waals surface area contributed by atoms with Crippen molar-refractivity contribution in [1.82, 2.24) is 4.90 Å². The molecule has 2 nitrogen and oxygen atoms in total. The van der Waals surface area contributed by atoms with Crippen LogP contribution in [-0.2, 0) is 0 Å². The molecule has 1 rings (SSSR count). The highest BCUT2D eigenvalue weighted by Gasteiger charge is 2.53. The van der Waals surface area contributed by atoms with Gasteiger partial charge in [0.15, 0.2) is 0 Å². The molecule has 0 bridgehead atoms. The molecule has 1 fully saturated rings. The largest absolute Gasteiger partial charge is 0.396 e. The SMILES string of the molecule is CN(C)C(C(C)(C)C)C1(CO)CC1. The predicted molar refractivity (Wildman–Crippen MR) is 55.7 cm³/mol. The molecule has 0 heterocycles. The van der Waals surface area contributed by atoms with E-state index >= 15 is 0 Å². The average Bonchev–Trinajstić information content (AvgIpc) is 2.65. The van der Waals surface area contributed by atoms with Gasteiger partial charge in [0.25, 0.3) is 0 Å². The second-order valence-electron chi connectivity index (χ2n) is 5.75. The Morgan fingerprint density at radius 2 is 1.77 bits per heavy atom. The van der Waals surface area contributed by atoms with E-state index in [4.69, 9.17) is 0 Å². The maximum atomic E-state index is 9.41. The van der Waals surface area contributed by atoms with Crippen LogP contribution in [-0.4, -0.2) is 36.8 Å². The van der Waals surface area contributed by atoms with Gasteiger partial charge in [-0.2, -0.15) is 0 Å². The monoisotopic (exact) mass is 185 g/mol. The summed E-state index contributed by atoms with van der Waals surface area (Å²) in [4.78, 5) is 2.27. The van der Waals surface area contributed by atoms with Crippen molar-refractivity contribution >= 4 is 0 Å². The van der Waals surface area contributed by atoms with Crippen molar-refractivity contribution < 1.29 is 5.11 Å². The zero-order valence-electron chi connectivity index (χ0n) is 9.59. The molecule has 0 saturated heterocycles. The molecule has 0 aromatic heterocycles. The third-order valence-corrected chi connectivity index (χ3v) is 3.12. The topological polar surface area (TPSA) is 23.5 Å².